The van der Waals surface area contributed by atoms with Crippen LogP contribution in [0.2, 0.25) is 0 Å². The minimum Gasteiger partial charge on any atom is -0.303 e. The minimum absolute atomic E-state index is 0.169. The molecule has 0 spiro atoms. The molecule has 1 aliphatic heterocycles. The molecule has 1 aromatic carbocycles. The number of rotatable bonds is 5. The molecule has 0 unspecified atom stereocenters. The van der Waals surface area contributed by atoms with Gasteiger partial charge in [0.1, 0.15) is 12.1 Å². The quantitative estimate of drug-likeness (QED) is 0.740. The highest BCUT2D eigenvalue weighted by Crippen LogP contribution is 2.10. The molecule has 0 aliphatic carbocycles. The third-order valence-electron chi connectivity index (χ3n) is 3.32. The molecular weight excluding hydrogens is 231 g/mol. The van der Waals surface area contributed by atoms with Crippen LogP contribution >= 0.6 is 0 Å². The second kappa shape index (κ2) is 6.61. The van der Waals surface area contributed by atoms with Gasteiger partial charge in [-0.3, -0.25) is 4.90 Å². The van der Waals surface area contributed by atoms with Crippen LogP contribution in [0.4, 0.5) is 4.39 Å². The second-order valence-electron chi connectivity index (χ2n) is 4.70. The molecule has 98 valence electrons. The fourth-order valence-corrected chi connectivity index (χ4v) is 2.30. The molecule has 1 aromatic rings. The van der Waals surface area contributed by atoms with Crippen LogP contribution in [0, 0.1) is 5.82 Å². The van der Waals surface area contributed by atoms with E-state index in [0.29, 0.717) is 6.42 Å². The van der Waals surface area contributed by atoms with Gasteiger partial charge in [0.2, 0.25) is 0 Å². The van der Waals surface area contributed by atoms with Crippen molar-refractivity contribution in [1.29, 1.82) is 0 Å². The maximum absolute atomic E-state index is 13.1. The molecular formula is C14H19FN2O. The number of piperazine rings is 1. The molecule has 0 radical (unpaired) electrons. The van der Waals surface area contributed by atoms with Crippen molar-refractivity contribution in [3.63, 3.8) is 0 Å². The van der Waals surface area contributed by atoms with Gasteiger partial charge in [0.25, 0.3) is 0 Å². The van der Waals surface area contributed by atoms with Crippen molar-refractivity contribution in [1.82, 2.24) is 9.80 Å². The van der Waals surface area contributed by atoms with Crippen molar-refractivity contribution in [2.45, 2.75) is 13.0 Å². The van der Waals surface area contributed by atoms with Crippen LogP contribution in [0.1, 0.15) is 12.0 Å². The molecule has 4 heteroatoms. The minimum atomic E-state index is -0.169. The molecule has 0 aromatic heterocycles. The monoisotopic (exact) mass is 250 g/mol. The molecule has 1 heterocycles. The molecule has 0 saturated carbocycles. The van der Waals surface area contributed by atoms with Crippen molar-refractivity contribution in [3.05, 3.63) is 35.6 Å². The molecule has 2 rings (SSSR count). The molecule has 0 amide bonds. The number of halogens is 1. The third kappa shape index (κ3) is 3.89. The van der Waals surface area contributed by atoms with Crippen LogP contribution in [-0.2, 0) is 11.3 Å². The van der Waals surface area contributed by atoms with Gasteiger partial charge >= 0.3 is 0 Å². The zero-order chi connectivity index (χ0) is 12.8. The lowest BCUT2D eigenvalue weighted by atomic mass is 10.2. The lowest BCUT2D eigenvalue weighted by molar-refractivity contribution is -0.108. The summed E-state index contributed by atoms with van der Waals surface area (Å²) >= 11 is 0. The van der Waals surface area contributed by atoms with E-state index in [1.807, 2.05) is 6.07 Å². The Morgan fingerprint density at radius 2 is 1.89 bits per heavy atom. The first-order valence-electron chi connectivity index (χ1n) is 6.41. The number of hydrogen-bond acceptors (Lipinski definition) is 3. The highest BCUT2D eigenvalue weighted by molar-refractivity contribution is 5.49. The Kier molecular flexibility index (Phi) is 4.84. The fourth-order valence-electron chi connectivity index (χ4n) is 2.30. The standard InChI is InChI=1S/C14H19FN2O/c15-14-4-1-3-13(11-14)12-17-8-6-16(7-9-17)5-2-10-18/h1,3-4,10-11H,2,5-9,12H2. The van der Waals surface area contributed by atoms with Gasteiger partial charge in [-0.2, -0.15) is 0 Å². The normalized spacial score (nSPS) is 17.8. The molecule has 1 saturated heterocycles. The van der Waals surface area contributed by atoms with Crippen molar-refractivity contribution >= 4 is 6.29 Å². The van der Waals surface area contributed by atoms with Crippen LogP contribution < -0.4 is 0 Å². The van der Waals surface area contributed by atoms with E-state index in [-0.39, 0.29) is 5.82 Å². The lowest BCUT2D eigenvalue weighted by Gasteiger charge is -2.34. The first-order valence-corrected chi connectivity index (χ1v) is 6.41. The van der Waals surface area contributed by atoms with E-state index in [4.69, 9.17) is 0 Å². The maximum Gasteiger partial charge on any atom is 0.123 e. The van der Waals surface area contributed by atoms with E-state index in [0.717, 1.165) is 51.1 Å². The number of carbonyl (C=O) groups excluding carboxylic acids is 1. The Bertz CT molecular complexity index is 389. The maximum atomic E-state index is 13.1. The van der Waals surface area contributed by atoms with Gasteiger partial charge in [-0.1, -0.05) is 12.1 Å². The zero-order valence-corrected chi connectivity index (χ0v) is 10.5. The topological polar surface area (TPSA) is 23.6 Å². The summed E-state index contributed by atoms with van der Waals surface area (Å²) in [5, 5.41) is 0. The highest BCUT2D eigenvalue weighted by Gasteiger charge is 2.16. The Morgan fingerprint density at radius 1 is 1.17 bits per heavy atom. The van der Waals surface area contributed by atoms with Crippen molar-refractivity contribution in [2.24, 2.45) is 0 Å². The van der Waals surface area contributed by atoms with Gasteiger partial charge in [-0.05, 0) is 17.7 Å². The number of carbonyl (C=O) groups is 1. The summed E-state index contributed by atoms with van der Waals surface area (Å²) in [7, 11) is 0. The Balaban J connectivity index is 1.78. The van der Waals surface area contributed by atoms with Crippen LogP contribution in [-0.4, -0.2) is 48.8 Å². The van der Waals surface area contributed by atoms with Gasteiger partial charge in [-0.25, -0.2) is 4.39 Å². The molecule has 0 N–H and O–H groups in total. The second-order valence-corrected chi connectivity index (χ2v) is 4.70. The van der Waals surface area contributed by atoms with Gasteiger partial charge in [0.05, 0.1) is 0 Å². The molecule has 1 aliphatic rings. The average molecular weight is 250 g/mol. The molecule has 1 fully saturated rings. The van der Waals surface area contributed by atoms with E-state index < -0.39 is 0 Å². The fraction of sp³-hybridized carbons (Fsp3) is 0.500. The summed E-state index contributed by atoms with van der Waals surface area (Å²) in [6.45, 7) is 5.60. The molecule has 3 nitrogen and oxygen atoms in total. The summed E-state index contributed by atoms with van der Waals surface area (Å²) < 4.78 is 13.1. The first-order chi connectivity index (χ1) is 8.78. The van der Waals surface area contributed by atoms with Gasteiger partial charge < -0.3 is 9.69 Å². The van der Waals surface area contributed by atoms with Crippen LogP contribution in [0.15, 0.2) is 24.3 Å². The average Bonchev–Trinajstić information content (AvgIpc) is 2.38. The zero-order valence-electron chi connectivity index (χ0n) is 10.5. The first kappa shape index (κ1) is 13.2. The van der Waals surface area contributed by atoms with Crippen LogP contribution in [0.5, 0.6) is 0 Å². The summed E-state index contributed by atoms with van der Waals surface area (Å²) in [5.74, 6) is -0.169. The Labute approximate surface area is 107 Å². The summed E-state index contributed by atoms with van der Waals surface area (Å²) in [6.07, 6.45) is 1.59. The van der Waals surface area contributed by atoms with E-state index in [9.17, 15) is 9.18 Å². The molecule has 18 heavy (non-hydrogen) atoms. The summed E-state index contributed by atoms with van der Waals surface area (Å²) in [4.78, 5) is 14.9. The lowest BCUT2D eigenvalue weighted by Crippen LogP contribution is -2.46. The number of nitrogens with zero attached hydrogens (tertiary/aromatic N) is 2. The van der Waals surface area contributed by atoms with E-state index in [2.05, 4.69) is 9.80 Å². The largest absolute Gasteiger partial charge is 0.303 e. The van der Waals surface area contributed by atoms with Crippen molar-refractivity contribution < 1.29 is 9.18 Å². The van der Waals surface area contributed by atoms with Crippen molar-refractivity contribution in [3.8, 4) is 0 Å². The van der Waals surface area contributed by atoms with Gasteiger partial charge in [0.15, 0.2) is 0 Å². The van der Waals surface area contributed by atoms with Gasteiger partial charge in [0, 0.05) is 45.7 Å². The predicted octanol–water partition coefficient (Wildman–Crippen LogP) is 1.53. The summed E-state index contributed by atoms with van der Waals surface area (Å²) in [5.41, 5.74) is 1.02. The SMILES string of the molecule is O=CCCN1CCN(Cc2cccc(F)c2)CC1. The Hall–Kier alpha value is -1.26. The molecule has 0 atom stereocenters. The highest BCUT2D eigenvalue weighted by atomic mass is 19.1. The predicted molar refractivity (Wildman–Crippen MR) is 68.8 cm³/mol. The Morgan fingerprint density at radius 3 is 2.56 bits per heavy atom. The number of aldehydes is 1. The van der Waals surface area contributed by atoms with E-state index >= 15 is 0 Å². The van der Waals surface area contributed by atoms with Gasteiger partial charge in [-0.15, -0.1) is 0 Å². The van der Waals surface area contributed by atoms with Crippen LogP contribution in [0.3, 0.4) is 0 Å². The van der Waals surface area contributed by atoms with E-state index in [1.165, 1.54) is 6.07 Å². The molecule has 0 bridgehead atoms. The smallest absolute Gasteiger partial charge is 0.123 e. The third-order valence-corrected chi connectivity index (χ3v) is 3.32. The van der Waals surface area contributed by atoms with Crippen molar-refractivity contribution in [2.75, 3.05) is 32.7 Å². The number of benzene rings is 1. The van der Waals surface area contributed by atoms with Crippen LogP contribution in [0.25, 0.3) is 0 Å². The summed E-state index contributed by atoms with van der Waals surface area (Å²) in [6, 6.07) is 6.78. The number of hydrogen-bond donors (Lipinski definition) is 0. The van der Waals surface area contributed by atoms with E-state index in [1.54, 1.807) is 12.1 Å².